The number of nitrogens with zero attached hydrogens (tertiary/aromatic N) is 1. The van der Waals surface area contributed by atoms with Crippen molar-refractivity contribution >= 4 is 17.5 Å². The van der Waals surface area contributed by atoms with Crippen LogP contribution in [0, 0.1) is 29.0 Å². The number of primary amides is 1. The highest BCUT2D eigenvalue weighted by Crippen LogP contribution is 2.30. The van der Waals surface area contributed by atoms with E-state index in [-0.39, 0.29) is 23.0 Å². The molecule has 2 atom stereocenters. The Morgan fingerprint density at radius 2 is 1.94 bits per heavy atom. The lowest BCUT2D eigenvalue weighted by Crippen LogP contribution is -2.41. The van der Waals surface area contributed by atoms with E-state index in [2.05, 4.69) is 34.9 Å². The molecular weight excluding hydrogens is 459 g/mol. The molecule has 1 fully saturated rings. The molecular formula is C28H35FN4O3. The molecule has 0 unspecified atom stereocenters. The summed E-state index contributed by atoms with van der Waals surface area (Å²) in [5.41, 5.74) is 7.44. The lowest BCUT2D eigenvalue weighted by Gasteiger charge is -2.34. The van der Waals surface area contributed by atoms with Crippen LogP contribution in [-0.4, -0.2) is 38.1 Å². The van der Waals surface area contributed by atoms with E-state index in [0.717, 1.165) is 38.3 Å². The van der Waals surface area contributed by atoms with Gasteiger partial charge in [0.05, 0.1) is 18.2 Å². The normalized spacial score (nSPS) is 19.0. The molecule has 0 spiro atoms. The van der Waals surface area contributed by atoms with Crippen LogP contribution >= 0.6 is 0 Å². The van der Waals surface area contributed by atoms with Gasteiger partial charge in [-0.15, -0.1) is 0 Å². The first kappa shape index (κ1) is 27.2. The molecule has 7 nitrogen and oxygen atoms in total. The van der Waals surface area contributed by atoms with E-state index in [4.69, 9.17) is 15.7 Å². The maximum absolute atomic E-state index is 12.8. The van der Waals surface area contributed by atoms with Crippen molar-refractivity contribution in [2.75, 3.05) is 25.6 Å². The third-order valence-corrected chi connectivity index (χ3v) is 6.92. The Balaban J connectivity index is 0.000000253. The van der Waals surface area contributed by atoms with E-state index in [0.29, 0.717) is 18.6 Å². The quantitative estimate of drug-likeness (QED) is 0.534. The number of anilines is 1. The van der Waals surface area contributed by atoms with Gasteiger partial charge in [0.15, 0.2) is 0 Å². The maximum atomic E-state index is 12.8. The van der Waals surface area contributed by atoms with Crippen LogP contribution in [0.4, 0.5) is 10.1 Å². The smallest absolute Gasteiger partial charge is 0.248 e. The van der Waals surface area contributed by atoms with Crippen molar-refractivity contribution in [3.63, 3.8) is 0 Å². The van der Waals surface area contributed by atoms with E-state index >= 15 is 0 Å². The molecule has 1 heterocycles. The predicted molar refractivity (Wildman–Crippen MR) is 137 cm³/mol. The number of nitrogens with one attached hydrogen (secondary N) is 2. The van der Waals surface area contributed by atoms with Crippen molar-refractivity contribution in [3.8, 4) is 6.07 Å². The summed E-state index contributed by atoms with van der Waals surface area (Å²) in [6.07, 6.45) is 7.88. The zero-order chi connectivity index (χ0) is 25.9. The Morgan fingerprint density at radius 1 is 1.19 bits per heavy atom. The number of methoxy groups -OCH3 is 1. The highest BCUT2D eigenvalue weighted by Gasteiger charge is 2.28. The van der Waals surface area contributed by atoms with Gasteiger partial charge < -0.3 is 21.1 Å². The molecule has 2 amide bonds. The Morgan fingerprint density at radius 3 is 2.61 bits per heavy atom. The number of halogens is 1. The van der Waals surface area contributed by atoms with Crippen molar-refractivity contribution in [1.82, 2.24) is 5.32 Å². The molecule has 1 aliphatic heterocycles. The zero-order valence-electron chi connectivity index (χ0n) is 20.8. The van der Waals surface area contributed by atoms with Gasteiger partial charge >= 0.3 is 0 Å². The van der Waals surface area contributed by atoms with Gasteiger partial charge in [0.2, 0.25) is 11.8 Å². The van der Waals surface area contributed by atoms with Gasteiger partial charge in [0.25, 0.3) is 0 Å². The van der Waals surface area contributed by atoms with Crippen molar-refractivity contribution in [2.45, 2.75) is 51.0 Å². The predicted octanol–water partition coefficient (Wildman–Crippen LogP) is 4.17. The molecule has 0 aromatic heterocycles. The third-order valence-electron chi connectivity index (χ3n) is 6.92. The maximum Gasteiger partial charge on any atom is 0.248 e. The van der Waals surface area contributed by atoms with E-state index in [1.807, 2.05) is 0 Å². The largest absolute Gasteiger partial charge is 0.383 e. The van der Waals surface area contributed by atoms with Crippen LogP contribution in [0.15, 0.2) is 42.5 Å². The number of rotatable bonds is 7. The van der Waals surface area contributed by atoms with Crippen LogP contribution < -0.4 is 16.4 Å². The third kappa shape index (κ3) is 7.53. The molecule has 192 valence electrons. The van der Waals surface area contributed by atoms with E-state index in [1.54, 1.807) is 13.2 Å². The minimum absolute atomic E-state index is 0.0616. The minimum Gasteiger partial charge on any atom is -0.383 e. The number of para-hydroxylation sites is 1. The van der Waals surface area contributed by atoms with Gasteiger partial charge in [-0.05, 0) is 61.4 Å². The number of ether oxygens (including phenoxy) is 1. The lowest BCUT2D eigenvalue weighted by atomic mass is 9.85. The van der Waals surface area contributed by atoms with Crippen LogP contribution in [0.1, 0.15) is 60.0 Å². The Bertz CT molecular complexity index is 1080. The van der Waals surface area contributed by atoms with E-state index < -0.39 is 11.7 Å². The SMILES string of the molecule is COC[C@@H]1Nc2ccccc2C[C@@H]1CCNC(=O)C1CCCCC1.N#Cc1ccc(C(N)=O)cc1F. The summed E-state index contributed by atoms with van der Waals surface area (Å²) in [4.78, 5) is 22.8. The number of fused-ring (bicyclic) bond motifs is 1. The molecule has 0 bridgehead atoms. The number of nitriles is 1. The molecule has 4 rings (SSSR count). The number of carbonyl (C=O) groups is 2. The van der Waals surface area contributed by atoms with Gasteiger partial charge in [-0.2, -0.15) is 5.26 Å². The van der Waals surface area contributed by atoms with Crippen molar-refractivity contribution in [2.24, 2.45) is 17.6 Å². The van der Waals surface area contributed by atoms with Gasteiger partial charge in [0.1, 0.15) is 11.9 Å². The fourth-order valence-electron chi connectivity index (χ4n) is 4.89. The molecule has 1 saturated carbocycles. The highest BCUT2D eigenvalue weighted by atomic mass is 19.1. The molecule has 2 aromatic rings. The zero-order valence-corrected chi connectivity index (χ0v) is 20.8. The molecule has 2 aliphatic rings. The molecule has 1 aliphatic carbocycles. The first-order valence-electron chi connectivity index (χ1n) is 12.5. The monoisotopic (exact) mass is 494 g/mol. The summed E-state index contributed by atoms with van der Waals surface area (Å²) in [7, 11) is 1.75. The minimum atomic E-state index is -0.728. The Kier molecular flexibility index (Phi) is 10.3. The Labute approximate surface area is 212 Å². The highest BCUT2D eigenvalue weighted by molar-refractivity contribution is 5.92. The van der Waals surface area contributed by atoms with Gasteiger partial charge in [-0.3, -0.25) is 9.59 Å². The summed E-state index contributed by atoms with van der Waals surface area (Å²) >= 11 is 0. The van der Waals surface area contributed by atoms with Gasteiger partial charge in [-0.1, -0.05) is 37.5 Å². The van der Waals surface area contributed by atoms with Crippen LogP contribution in [0.3, 0.4) is 0 Å². The van der Waals surface area contributed by atoms with Crippen molar-refractivity contribution in [3.05, 3.63) is 65.0 Å². The second-order valence-electron chi connectivity index (χ2n) is 9.41. The summed E-state index contributed by atoms with van der Waals surface area (Å²) in [6, 6.07) is 13.9. The molecule has 8 heteroatoms. The average Bonchev–Trinajstić information content (AvgIpc) is 2.89. The van der Waals surface area contributed by atoms with Crippen LogP contribution in [-0.2, 0) is 16.0 Å². The lowest BCUT2D eigenvalue weighted by molar-refractivity contribution is -0.125. The standard InChI is InChI=1S/C20H30N2O2.C8H5FN2O/c1-24-14-19-17(13-16-9-5-6-10-18(16)22-19)11-12-21-20(23)15-7-3-2-4-8-15;9-7-3-5(8(11)12)1-2-6(7)4-10/h5-6,9-10,15,17,19,22H,2-4,7-8,11-14H2,1H3,(H,21,23);1-3H,(H2,11,12)/t17-,19-;/m0./s1. The van der Waals surface area contributed by atoms with E-state index in [1.165, 1.54) is 42.6 Å². The van der Waals surface area contributed by atoms with E-state index in [9.17, 15) is 14.0 Å². The molecule has 0 radical (unpaired) electrons. The number of amides is 2. The second-order valence-corrected chi connectivity index (χ2v) is 9.41. The first-order valence-corrected chi connectivity index (χ1v) is 12.5. The topological polar surface area (TPSA) is 117 Å². The van der Waals surface area contributed by atoms with Gasteiger partial charge in [0, 0.05) is 30.8 Å². The van der Waals surface area contributed by atoms with Crippen molar-refractivity contribution in [1.29, 1.82) is 5.26 Å². The number of nitrogens with two attached hydrogens (primary N) is 1. The van der Waals surface area contributed by atoms with Crippen LogP contribution in [0.5, 0.6) is 0 Å². The summed E-state index contributed by atoms with van der Waals surface area (Å²) in [5.74, 6) is -0.431. The number of carbonyl (C=O) groups excluding carboxylic acids is 2. The molecule has 2 aromatic carbocycles. The number of hydrogen-bond donors (Lipinski definition) is 3. The molecule has 0 saturated heterocycles. The fourth-order valence-corrected chi connectivity index (χ4v) is 4.89. The summed E-state index contributed by atoms with van der Waals surface area (Å²) in [6.45, 7) is 1.47. The average molecular weight is 495 g/mol. The number of hydrogen-bond acceptors (Lipinski definition) is 5. The fraction of sp³-hybridized carbons (Fsp3) is 0.464. The number of benzene rings is 2. The van der Waals surface area contributed by atoms with Crippen LogP contribution in [0.25, 0.3) is 0 Å². The summed E-state index contributed by atoms with van der Waals surface area (Å²) < 4.78 is 18.2. The summed E-state index contributed by atoms with van der Waals surface area (Å²) in [5, 5.41) is 15.1. The first-order chi connectivity index (χ1) is 17.4. The molecule has 36 heavy (non-hydrogen) atoms. The van der Waals surface area contributed by atoms with Gasteiger partial charge in [-0.25, -0.2) is 4.39 Å². The molecule has 4 N–H and O–H groups in total. The van der Waals surface area contributed by atoms with Crippen LogP contribution in [0.2, 0.25) is 0 Å². The second kappa shape index (κ2) is 13.6. The Hall–Kier alpha value is -3.44. The van der Waals surface area contributed by atoms with Crippen molar-refractivity contribution < 1.29 is 18.7 Å².